The Labute approximate surface area is 150 Å². The van der Waals surface area contributed by atoms with Crippen molar-refractivity contribution in [3.63, 3.8) is 0 Å². The van der Waals surface area contributed by atoms with E-state index in [0.717, 1.165) is 30.1 Å². The Bertz CT molecular complexity index is 777. The van der Waals surface area contributed by atoms with Crippen molar-refractivity contribution in [1.29, 1.82) is 0 Å². The third-order valence-electron chi connectivity index (χ3n) is 5.13. The normalized spacial score (nSPS) is 15.2. The zero-order valence-electron chi connectivity index (χ0n) is 15.3. The Morgan fingerprint density at radius 1 is 1.12 bits per heavy atom. The van der Waals surface area contributed by atoms with Gasteiger partial charge >= 0.3 is 0 Å². The molecule has 0 spiro atoms. The predicted octanol–water partition coefficient (Wildman–Crippen LogP) is 4.37. The minimum atomic E-state index is -0.119. The van der Waals surface area contributed by atoms with Crippen molar-refractivity contribution in [2.75, 3.05) is 29.0 Å². The monoisotopic (exact) mass is 337 g/mol. The van der Waals surface area contributed by atoms with Crippen molar-refractivity contribution in [3.8, 4) is 0 Å². The number of carbonyl (C=O) groups excluding carboxylic acids is 1. The second-order valence-corrected chi connectivity index (χ2v) is 7.16. The Hall–Kier alpha value is -2.49. The molecule has 4 nitrogen and oxygen atoms in total. The van der Waals surface area contributed by atoms with E-state index in [2.05, 4.69) is 24.1 Å². The van der Waals surface area contributed by atoms with E-state index in [0.29, 0.717) is 16.9 Å². The van der Waals surface area contributed by atoms with Gasteiger partial charge in [0.1, 0.15) is 0 Å². The van der Waals surface area contributed by atoms with Crippen molar-refractivity contribution >= 4 is 23.0 Å². The molecule has 25 heavy (non-hydrogen) atoms. The number of hydrogen-bond donors (Lipinski definition) is 2. The Morgan fingerprint density at radius 3 is 2.48 bits per heavy atom. The van der Waals surface area contributed by atoms with Gasteiger partial charge in [-0.1, -0.05) is 25.1 Å². The molecule has 0 aliphatic carbocycles. The highest BCUT2D eigenvalue weighted by Gasteiger charge is 2.19. The highest BCUT2D eigenvalue weighted by molar-refractivity contribution is 6.07. The maximum Gasteiger partial charge on any atom is 0.255 e. The number of piperidine rings is 1. The average Bonchev–Trinajstić information content (AvgIpc) is 2.58. The first kappa shape index (κ1) is 17.3. The van der Waals surface area contributed by atoms with Gasteiger partial charge in [-0.2, -0.15) is 0 Å². The lowest BCUT2D eigenvalue weighted by molar-refractivity contribution is 0.102. The highest BCUT2D eigenvalue weighted by atomic mass is 16.1. The summed E-state index contributed by atoms with van der Waals surface area (Å²) in [4.78, 5) is 15.0. The first-order chi connectivity index (χ1) is 12.0. The lowest BCUT2D eigenvalue weighted by atomic mass is 9.98. The molecular weight excluding hydrogens is 310 g/mol. The topological polar surface area (TPSA) is 58.4 Å². The molecule has 1 saturated heterocycles. The van der Waals surface area contributed by atoms with E-state index in [1.807, 2.05) is 43.3 Å². The maximum atomic E-state index is 12.6. The largest absolute Gasteiger partial charge is 0.397 e. The number of nitrogens with one attached hydrogen (secondary N) is 1. The first-order valence-corrected chi connectivity index (χ1v) is 8.97. The molecular formula is C21H27N3O. The lowest BCUT2D eigenvalue weighted by Crippen LogP contribution is -2.33. The smallest absolute Gasteiger partial charge is 0.255 e. The van der Waals surface area contributed by atoms with E-state index >= 15 is 0 Å². The number of aryl methyl sites for hydroxylation is 2. The fourth-order valence-electron chi connectivity index (χ4n) is 3.43. The molecule has 0 atom stereocenters. The molecule has 1 fully saturated rings. The predicted molar refractivity (Wildman–Crippen MR) is 105 cm³/mol. The first-order valence-electron chi connectivity index (χ1n) is 8.97. The molecule has 0 radical (unpaired) electrons. The van der Waals surface area contributed by atoms with E-state index in [1.54, 1.807) is 0 Å². The van der Waals surface area contributed by atoms with Gasteiger partial charge < -0.3 is 16.0 Å². The second-order valence-electron chi connectivity index (χ2n) is 7.16. The molecule has 0 unspecified atom stereocenters. The molecule has 1 aliphatic rings. The third kappa shape index (κ3) is 3.78. The van der Waals surface area contributed by atoms with Gasteiger partial charge in [-0.25, -0.2) is 0 Å². The van der Waals surface area contributed by atoms with Crippen LogP contribution in [0.25, 0.3) is 0 Å². The zero-order valence-corrected chi connectivity index (χ0v) is 15.3. The molecule has 1 heterocycles. The average molecular weight is 337 g/mol. The number of nitrogens with two attached hydrogens (primary N) is 1. The van der Waals surface area contributed by atoms with E-state index < -0.39 is 0 Å². The number of nitrogens with zero attached hydrogens (tertiary/aromatic N) is 1. The van der Waals surface area contributed by atoms with Crippen LogP contribution in [0.1, 0.15) is 41.3 Å². The van der Waals surface area contributed by atoms with E-state index in [1.165, 1.54) is 18.5 Å². The summed E-state index contributed by atoms with van der Waals surface area (Å²) < 4.78 is 0. The van der Waals surface area contributed by atoms with Crippen LogP contribution in [0.15, 0.2) is 36.4 Å². The van der Waals surface area contributed by atoms with Crippen LogP contribution in [-0.4, -0.2) is 19.0 Å². The number of nitrogen functional groups attached to an aromatic ring is 1. The summed E-state index contributed by atoms with van der Waals surface area (Å²) in [5.74, 6) is 0.664. The van der Waals surface area contributed by atoms with Crippen LogP contribution in [0.5, 0.6) is 0 Å². The zero-order chi connectivity index (χ0) is 18.0. The van der Waals surface area contributed by atoms with E-state index in [-0.39, 0.29) is 5.91 Å². The second kappa shape index (κ2) is 7.18. The molecule has 3 N–H and O–H groups in total. The minimum absolute atomic E-state index is 0.119. The van der Waals surface area contributed by atoms with Gasteiger partial charge in [0.15, 0.2) is 0 Å². The minimum Gasteiger partial charge on any atom is -0.397 e. The van der Waals surface area contributed by atoms with E-state index in [9.17, 15) is 4.79 Å². The van der Waals surface area contributed by atoms with Gasteiger partial charge in [-0.05, 0) is 61.9 Å². The van der Waals surface area contributed by atoms with Crippen LogP contribution < -0.4 is 16.0 Å². The van der Waals surface area contributed by atoms with Gasteiger partial charge in [0, 0.05) is 24.3 Å². The van der Waals surface area contributed by atoms with Crippen molar-refractivity contribution in [2.45, 2.75) is 33.6 Å². The molecule has 3 rings (SSSR count). The summed E-state index contributed by atoms with van der Waals surface area (Å²) in [6.45, 7) is 8.43. The van der Waals surface area contributed by atoms with Crippen LogP contribution in [0, 0.1) is 19.8 Å². The summed E-state index contributed by atoms with van der Waals surface area (Å²) in [6, 6.07) is 11.6. The summed E-state index contributed by atoms with van der Waals surface area (Å²) >= 11 is 0. The number of hydrogen-bond acceptors (Lipinski definition) is 3. The van der Waals surface area contributed by atoms with Crippen LogP contribution in [-0.2, 0) is 0 Å². The van der Waals surface area contributed by atoms with Gasteiger partial charge in [0.2, 0.25) is 0 Å². The van der Waals surface area contributed by atoms with Gasteiger partial charge in [-0.3, -0.25) is 4.79 Å². The molecule has 0 saturated carbocycles. The molecule has 2 aromatic rings. The number of anilines is 3. The number of benzene rings is 2. The quantitative estimate of drug-likeness (QED) is 0.818. The lowest BCUT2D eigenvalue weighted by Gasteiger charge is -2.33. The summed E-state index contributed by atoms with van der Waals surface area (Å²) in [5, 5.41) is 2.99. The van der Waals surface area contributed by atoms with Crippen molar-refractivity contribution in [2.24, 2.45) is 5.92 Å². The van der Waals surface area contributed by atoms with Crippen molar-refractivity contribution in [1.82, 2.24) is 0 Å². The number of rotatable bonds is 3. The molecule has 0 bridgehead atoms. The molecule has 132 valence electrons. The fraction of sp³-hybridized carbons (Fsp3) is 0.381. The molecule has 1 aliphatic heterocycles. The fourth-order valence-corrected chi connectivity index (χ4v) is 3.43. The Morgan fingerprint density at radius 2 is 1.80 bits per heavy atom. The number of carbonyl (C=O) groups is 1. The SMILES string of the molecule is Cc1ccccc1C(=O)Nc1cc(N2CCC(C)CC2)c(C)cc1N. The third-order valence-corrected chi connectivity index (χ3v) is 5.13. The van der Waals surface area contributed by atoms with Crippen LogP contribution >= 0.6 is 0 Å². The maximum absolute atomic E-state index is 12.6. The molecule has 2 aromatic carbocycles. The molecule has 1 amide bonds. The van der Waals surface area contributed by atoms with Gasteiger partial charge in [0.05, 0.1) is 11.4 Å². The summed E-state index contributed by atoms with van der Waals surface area (Å²) in [5.41, 5.74) is 11.4. The number of amides is 1. The van der Waals surface area contributed by atoms with Crippen LogP contribution in [0.3, 0.4) is 0 Å². The van der Waals surface area contributed by atoms with Crippen molar-refractivity contribution in [3.05, 3.63) is 53.1 Å². The summed E-state index contributed by atoms with van der Waals surface area (Å²) in [6.07, 6.45) is 2.41. The Balaban J connectivity index is 1.85. The van der Waals surface area contributed by atoms with E-state index in [4.69, 9.17) is 5.73 Å². The molecule has 4 heteroatoms. The van der Waals surface area contributed by atoms with Gasteiger partial charge in [0.25, 0.3) is 5.91 Å². The Kier molecular flexibility index (Phi) is 4.98. The highest BCUT2D eigenvalue weighted by Crippen LogP contribution is 2.32. The standard InChI is InChI=1S/C21H27N3O/c1-14-8-10-24(11-9-14)20-13-19(18(22)12-16(20)3)23-21(25)17-7-5-4-6-15(17)2/h4-7,12-14H,8-11,22H2,1-3H3,(H,23,25). The van der Waals surface area contributed by atoms with Gasteiger partial charge in [-0.15, -0.1) is 0 Å². The molecule has 0 aromatic heterocycles. The summed E-state index contributed by atoms with van der Waals surface area (Å²) in [7, 11) is 0. The van der Waals surface area contributed by atoms with Crippen molar-refractivity contribution < 1.29 is 4.79 Å². The van der Waals surface area contributed by atoms with Crippen LogP contribution in [0.4, 0.5) is 17.1 Å². The van der Waals surface area contributed by atoms with Crippen LogP contribution in [0.2, 0.25) is 0 Å².